The monoisotopic (exact) mass is 1670 g/mol. The molecule has 0 unspecified atom stereocenters. The minimum absolute atomic E-state index is 0.00121. The third-order valence-corrected chi connectivity index (χ3v) is 25.5. The van der Waals surface area contributed by atoms with E-state index in [9.17, 15) is 0 Å². The van der Waals surface area contributed by atoms with Crippen molar-refractivity contribution in [1.82, 2.24) is 0 Å². The lowest BCUT2D eigenvalue weighted by molar-refractivity contribution is 0.468. The van der Waals surface area contributed by atoms with E-state index in [4.69, 9.17) is 18.9 Å². The Balaban J connectivity index is 0.827. The normalized spacial score (nSPS) is 13.2. The van der Waals surface area contributed by atoms with Gasteiger partial charge in [-0.2, -0.15) is 0 Å². The lowest BCUT2D eigenvalue weighted by atomic mass is 9.30. The van der Waals surface area contributed by atoms with Gasteiger partial charge in [-0.1, -0.05) is 84.9 Å². The van der Waals surface area contributed by atoms with Gasteiger partial charge in [-0.15, -0.1) is 22.7 Å². The van der Waals surface area contributed by atoms with Crippen LogP contribution in [0.25, 0.3) is 20.2 Å². The summed E-state index contributed by atoms with van der Waals surface area (Å²) in [4.78, 5) is 5.87. The SMILES string of the molecule is Fc1ccc2sc3c(c2c1)Oc1cc(N(c2c(F)cccc2F)c2c(F)cccc2F)cc2c1B3c1cc3c(cc1O2)N(c1c(F)cccc1F)c1cc(N(c2ccccc2)c2ccccc2)cc2c1B3c1cc3c(cc1O2)N(c1c(F)cccc1F)c1cc(N(c2c(F)cccc2F)c2c(F)cccc2F)cc2c1B3c1sc3ccc(F)cc3c1O2. The summed E-state index contributed by atoms with van der Waals surface area (Å²) in [5.74, 6) is -15.9. The van der Waals surface area contributed by atoms with Gasteiger partial charge < -0.3 is 33.6 Å². The minimum Gasteiger partial charge on any atom is -0.458 e. The van der Waals surface area contributed by atoms with Gasteiger partial charge in [-0.3, -0.25) is 9.80 Å². The minimum atomic E-state index is -1.28. The van der Waals surface area contributed by atoms with E-state index in [1.807, 2.05) is 65.6 Å². The Labute approximate surface area is 691 Å². The molecular formula is C94H44B3F14N5O4S2. The zero-order valence-corrected chi connectivity index (χ0v) is 63.7. The van der Waals surface area contributed by atoms with Crippen LogP contribution in [0.2, 0.25) is 0 Å². The van der Waals surface area contributed by atoms with E-state index in [1.54, 1.807) is 42.5 Å². The number of nitrogens with zero attached hydrogens (tertiary/aromatic N) is 5. The molecule has 6 aliphatic rings. The van der Waals surface area contributed by atoms with Crippen molar-refractivity contribution in [3.8, 4) is 46.0 Å². The number of anilines is 15. The molecule has 122 heavy (non-hydrogen) atoms. The molecule has 0 saturated carbocycles. The van der Waals surface area contributed by atoms with Crippen molar-refractivity contribution in [2.45, 2.75) is 0 Å². The van der Waals surface area contributed by atoms with Gasteiger partial charge in [-0.25, -0.2) is 61.5 Å². The van der Waals surface area contributed by atoms with E-state index in [-0.39, 0.29) is 102 Å². The summed E-state index contributed by atoms with van der Waals surface area (Å²) in [6, 6.07) is 59.7. The number of hydrogen-bond acceptors (Lipinski definition) is 11. The third-order valence-electron chi connectivity index (χ3n) is 23.1. The Morgan fingerprint density at radius 2 is 0.566 bits per heavy atom. The van der Waals surface area contributed by atoms with Crippen LogP contribution in [0.15, 0.2) is 267 Å². The number of halogens is 14. The topological polar surface area (TPSA) is 53.1 Å². The summed E-state index contributed by atoms with van der Waals surface area (Å²) in [6.45, 7) is -3.40. The fourth-order valence-corrected chi connectivity index (χ4v) is 20.7. The van der Waals surface area contributed by atoms with Gasteiger partial charge in [0.15, 0.2) is 0 Å². The standard InChI is InChI=1S/C94H44B3F14N5O4S2/c98-45-29-31-80-52(33-45)91-93(121-80)96-55-42-56-74(44-71(55)116(90-68(110)27-12-28-69(90)111)73-36-50(38-77(119-91)83(73)96)113(85-58(100)17-7-18-59(85)101)86-60(102)19-8-20-61(86)103)117-76-37-49(112(47-13-3-1-4-14-47)48-15-5-2-6-16-48)35-72-82(76)95(56)54-41-57-75(43-70(54)115(72)89-66(108)25-11-26-67(89)109)118-78-39-51(114(87-62(104)21-9-22-63(87)105)88-64(106)23-10-24-65(88)107)40-79-84(78)97(57)94-92(120-79)53-34-46(99)30-32-81(53)122-94/h1-44H. The lowest BCUT2D eigenvalue weighted by Crippen LogP contribution is -2.64. The van der Waals surface area contributed by atoms with E-state index in [0.717, 1.165) is 103 Å². The van der Waals surface area contributed by atoms with Gasteiger partial charge in [0.1, 0.15) is 162 Å². The summed E-state index contributed by atoms with van der Waals surface area (Å²) >= 11 is 2.42. The van der Waals surface area contributed by atoms with Gasteiger partial charge >= 0.3 is 0 Å². The number of ether oxygens (including phenoxy) is 4. The Kier molecular flexibility index (Phi) is 16.2. The molecule has 2 aromatic heterocycles. The molecule has 0 aliphatic carbocycles. The van der Waals surface area contributed by atoms with E-state index < -0.39 is 141 Å². The lowest BCUT2D eigenvalue weighted by Gasteiger charge is -2.44. The van der Waals surface area contributed by atoms with Crippen LogP contribution in [0, 0.1) is 81.4 Å². The summed E-state index contributed by atoms with van der Waals surface area (Å²) in [7, 11) is 0. The second-order valence-corrected chi connectivity index (χ2v) is 32.0. The molecule has 23 rings (SSSR count). The second kappa shape index (κ2) is 27.1. The molecule has 6 aliphatic heterocycles. The van der Waals surface area contributed by atoms with Crippen LogP contribution in [0.4, 0.5) is 147 Å². The van der Waals surface area contributed by atoms with E-state index >= 15 is 61.5 Å². The molecule has 0 N–H and O–H groups in total. The zero-order valence-electron chi connectivity index (χ0n) is 62.1. The number of rotatable bonds is 11. The van der Waals surface area contributed by atoms with Crippen LogP contribution in [0.1, 0.15) is 0 Å². The quantitative estimate of drug-likeness (QED) is 0.0931. The zero-order chi connectivity index (χ0) is 82.8. The predicted octanol–water partition coefficient (Wildman–Crippen LogP) is 22.0. The van der Waals surface area contributed by atoms with Gasteiger partial charge in [0, 0.05) is 106 Å². The Morgan fingerprint density at radius 1 is 0.246 bits per heavy atom. The summed E-state index contributed by atoms with van der Waals surface area (Å²) < 4.78 is 268. The first kappa shape index (κ1) is 72.8. The van der Waals surface area contributed by atoms with Crippen molar-refractivity contribution in [3.05, 3.63) is 348 Å². The number of benzene rings is 15. The first-order valence-corrected chi connectivity index (χ1v) is 39.7. The number of fused-ring (bicyclic) bond motifs is 16. The molecule has 0 saturated heterocycles. The van der Waals surface area contributed by atoms with E-state index in [1.165, 1.54) is 93.1 Å². The molecule has 17 aromatic rings. The molecule has 28 heteroatoms. The Bertz CT molecular complexity index is 7220. The molecule has 0 bridgehead atoms. The number of para-hydroxylation sites is 8. The molecule has 9 nitrogen and oxygen atoms in total. The largest absolute Gasteiger partial charge is 0.458 e. The van der Waals surface area contributed by atoms with Crippen LogP contribution in [-0.2, 0) is 0 Å². The van der Waals surface area contributed by atoms with Crippen molar-refractivity contribution in [2.75, 3.05) is 24.5 Å². The maximum atomic E-state index is 18.0. The molecule has 0 radical (unpaired) electrons. The third kappa shape index (κ3) is 10.8. The van der Waals surface area contributed by atoms with Crippen molar-refractivity contribution < 1.29 is 80.4 Å². The Morgan fingerprint density at radius 3 is 0.967 bits per heavy atom. The van der Waals surface area contributed by atoms with Crippen LogP contribution in [-0.4, -0.2) is 20.1 Å². The molecule has 0 fully saturated rings. The highest BCUT2D eigenvalue weighted by atomic mass is 32.1. The summed E-state index contributed by atoms with van der Waals surface area (Å²) in [6.07, 6.45) is 0. The van der Waals surface area contributed by atoms with Gasteiger partial charge in [0.2, 0.25) is 0 Å². The highest BCUT2D eigenvalue weighted by molar-refractivity contribution is 7.34. The van der Waals surface area contributed by atoms with Crippen molar-refractivity contribution in [3.63, 3.8) is 0 Å². The van der Waals surface area contributed by atoms with Crippen LogP contribution in [0.5, 0.6) is 46.0 Å². The van der Waals surface area contributed by atoms with Crippen molar-refractivity contribution in [1.29, 1.82) is 0 Å². The first-order chi connectivity index (χ1) is 59.3. The first-order valence-electron chi connectivity index (χ1n) is 38.1. The maximum Gasteiger partial charge on any atom is 0.273 e. The van der Waals surface area contributed by atoms with Crippen molar-refractivity contribution >= 4 is 196 Å². The highest BCUT2D eigenvalue weighted by Crippen LogP contribution is 2.55. The second-order valence-electron chi connectivity index (χ2n) is 29.9. The highest BCUT2D eigenvalue weighted by Gasteiger charge is 2.52. The van der Waals surface area contributed by atoms with Gasteiger partial charge in [0.05, 0.1) is 17.1 Å². The van der Waals surface area contributed by atoms with E-state index in [2.05, 4.69) is 0 Å². The molecule has 0 atom stereocenters. The maximum absolute atomic E-state index is 18.0. The van der Waals surface area contributed by atoms with Crippen LogP contribution >= 0.6 is 22.7 Å². The molecule has 8 heterocycles. The van der Waals surface area contributed by atoms with E-state index in [0.29, 0.717) is 67.7 Å². The average Bonchev–Trinajstić information content (AvgIpc) is 1.00. The summed E-state index contributed by atoms with van der Waals surface area (Å²) in [5, 5.41) is 0.523. The molecule has 0 spiro atoms. The Hall–Kier alpha value is -14.4. The fourth-order valence-electron chi connectivity index (χ4n) is 18.2. The number of thiophene rings is 2. The average molecular weight is 1670 g/mol. The smallest absolute Gasteiger partial charge is 0.273 e. The predicted molar refractivity (Wildman–Crippen MR) is 450 cm³/mol. The summed E-state index contributed by atoms with van der Waals surface area (Å²) in [5.41, 5.74) is -2.30. The number of hydrogen-bond donors (Lipinski definition) is 0. The van der Waals surface area contributed by atoms with Crippen LogP contribution in [0.3, 0.4) is 0 Å². The molecule has 15 aromatic carbocycles. The van der Waals surface area contributed by atoms with Crippen molar-refractivity contribution in [2.24, 2.45) is 0 Å². The molecule has 588 valence electrons. The van der Waals surface area contributed by atoms with Crippen LogP contribution < -0.4 is 91.2 Å². The molecular weight excluding hydrogens is 1630 g/mol. The van der Waals surface area contributed by atoms with Gasteiger partial charge in [0.25, 0.3) is 20.1 Å². The fraction of sp³-hybridized carbons (Fsp3) is 0. The molecule has 0 amide bonds. The van der Waals surface area contributed by atoms with Gasteiger partial charge in [-0.05, 0) is 178 Å².